The van der Waals surface area contributed by atoms with Gasteiger partial charge in [-0.1, -0.05) is 21.9 Å². The third-order valence-electron chi connectivity index (χ3n) is 3.10. The summed E-state index contributed by atoms with van der Waals surface area (Å²) in [6, 6.07) is 12.7. The predicted molar refractivity (Wildman–Crippen MR) is 123 cm³/mol. The zero-order valence-corrected chi connectivity index (χ0v) is 19.1. The Morgan fingerprint density at radius 2 is 1.88 bits per heavy atom. The third kappa shape index (κ3) is 5.73. The molecule has 26 heavy (non-hydrogen) atoms. The maximum atomic E-state index is 12.3. The first-order valence-corrected chi connectivity index (χ1v) is 10.1. The third-order valence-corrected chi connectivity index (χ3v) is 5.23. The molecule has 0 saturated carbocycles. The van der Waals surface area contributed by atoms with Crippen molar-refractivity contribution in [2.75, 3.05) is 11.9 Å². The van der Waals surface area contributed by atoms with Crippen LogP contribution in [0.3, 0.4) is 0 Å². The second-order valence-electron chi connectivity index (χ2n) is 4.94. The number of anilines is 1. The maximum Gasteiger partial charge on any atom is 0.266 e. The normalized spacial score (nSPS) is 10.6. The zero-order valence-electron chi connectivity index (χ0n) is 13.2. The number of benzene rings is 2. The molecule has 0 bridgehead atoms. The molecule has 0 aliphatic carbocycles. The molecule has 0 aliphatic heterocycles. The van der Waals surface area contributed by atoms with Gasteiger partial charge in [-0.15, -0.1) is 6.42 Å². The average Bonchev–Trinajstić information content (AvgIpc) is 2.61. The lowest BCUT2D eigenvalue weighted by Gasteiger charge is -2.09. The summed E-state index contributed by atoms with van der Waals surface area (Å²) in [4.78, 5) is 12.3. The number of nitrogens with one attached hydrogen (secondary N) is 1. The lowest BCUT2D eigenvalue weighted by atomic mass is 10.1. The van der Waals surface area contributed by atoms with Gasteiger partial charge in [0.2, 0.25) is 0 Å². The van der Waals surface area contributed by atoms with E-state index in [9.17, 15) is 10.1 Å². The van der Waals surface area contributed by atoms with Crippen LogP contribution < -0.4 is 10.1 Å². The first kappa shape index (κ1) is 20.7. The van der Waals surface area contributed by atoms with Crippen molar-refractivity contribution >= 4 is 78.8 Å². The predicted octanol–water partition coefficient (Wildman–Crippen LogP) is 5.22. The minimum atomic E-state index is -0.465. The maximum absolute atomic E-state index is 12.3. The number of halogens is 3. The monoisotopic (exact) mass is 632 g/mol. The first-order valence-electron chi connectivity index (χ1n) is 7.18. The van der Waals surface area contributed by atoms with Crippen LogP contribution >= 0.6 is 61.1 Å². The van der Waals surface area contributed by atoms with Crippen molar-refractivity contribution in [2.24, 2.45) is 0 Å². The lowest BCUT2D eigenvalue weighted by molar-refractivity contribution is -0.112. The molecule has 4 nitrogen and oxygen atoms in total. The number of hydrogen-bond donors (Lipinski definition) is 1. The van der Waals surface area contributed by atoms with Crippen LogP contribution in [0.1, 0.15) is 5.56 Å². The van der Waals surface area contributed by atoms with E-state index in [4.69, 9.17) is 11.2 Å². The summed E-state index contributed by atoms with van der Waals surface area (Å²) >= 11 is 7.60. The Morgan fingerprint density at radius 1 is 1.27 bits per heavy atom. The van der Waals surface area contributed by atoms with E-state index < -0.39 is 5.91 Å². The molecule has 1 N–H and O–H groups in total. The van der Waals surface area contributed by atoms with E-state index in [1.165, 1.54) is 0 Å². The summed E-state index contributed by atoms with van der Waals surface area (Å²) in [7, 11) is 0. The van der Waals surface area contributed by atoms with Crippen LogP contribution in [-0.4, -0.2) is 12.5 Å². The molecule has 1 amide bonds. The molecule has 130 valence electrons. The van der Waals surface area contributed by atoms with E-state index in [1.807, 2.05) is 30.3 Å². The molecule has 7 heteroatoms. The van der Waals surface area contributed by atoms with Crippen LogP contribution in [-0.2, 0) is 4.79 Å². The van der Waals surface area contributed by atoms with Crippen LogP contribution in [0.2, 0.25) is 0 Å². The van der Waals surface area contributed by atoms with E-state index in [0.717, 1.165) is 17.2 Å². The minimum Gasteiger partial charge on any atom is -0.479 e. The highest BCUT2D eigenvalue weighted by molar-refractivity contribution is 14.1. The van der Waals surface area contributed by atoms with Gasteiger partial charge in [-0.25, -0.2) is 0 Å². The largest absolute Gasteiger partial charge is 0.479 e. The molecule has 0 atom stereocenters. The highest BCUT2D eigenvalue weighted by Crippen LogP contribution is 2.30. The van der Waals surface area contributed by atoms with Crippen molar-refractivity contribution in [2.45, 2.75) is 0 Å². The van der Waals surface area contributed by atoms with Gasteiger partial charge in [0.15, 0.2) is 0 Å². The molecule has 0 saturated heterocycles. The number of nitrogens with zero attached hydrogens (tertiary/aromatic N) is 1. The summed E-state index contributed by atoms with van der Waals surface area (Å²) in [6.45, 7) is 0.181. The van der Waals surface area contributed by atoms with Crippen molar-refractivity contribution in [1.82, 2.24) is 0 Å². The molecule has 0 unspecified atom stereocenters. The van der Waals surface area contributed by atoms with Gasteiger partial charge in [0.05, 0.1) is 7.14 Å². The number of terminal acetylenes is 1. The molecule has 0 aromatic heterocycles. The lowest BCUT2D eigenvalue weighted by Crippen LogP contribution is -2.13. The van der Waals surface area contributed by atoms with E-state index in [2.05, 4.69) is 72.3 Å². The molecule has 0 heterocycles. The number of carbonyl (C=O) groups is 1. The van der Waals surface area contributed by atoms with Crippen molar-refractivity contribution in [3.05, 3.63) is 59.1 Å². The average molecular weight is 633 g/mol. The Morgan fingerprint density at radius 3 is 2.42 bits per heavy atom. The molecule has 0 aliphatic rings. The fraction of sp³-hybridized carbons (Fsp3) is 0.0526. The number of amides is 1. The van der Waals surface area contributed by atoms with Gasteiger partial charge < -0.3 is 10.1 Å². The van der Waals surface area contributed by atoms with Crippen molar-refractivity contribution in [3.63, 3.8) is 0 Å². The fourth-order valence-electron chi connectivity index (χ4n) is 1.96. The van der Waals surface area contributed by atoms with Crippen molar-refractivity contribution in [1.29, 1.82) is 5.26 Å². The van der Waals surface area contributed by atoms with Crippen LogP contribution in [0.5, 0.6) is 5.75 Å². The van der Waals surface area contributed by atoms with Crippen molar-refractivity contribution < 1.29 is 9.53 Å². The minimum absolute atomic E-state index is 0.0109. The molecule has 2 aromatic carbocycles. The molecule has 0 radical (unpaired) electrons. The van der Waals surface area contributed by atoms with Crippen molar-refractivity contribution in [3.8, 4) is 24.2 Å². The zero-order chi connectivity index (χ0) is 19.1. The van der Waals surface area contributed by atoms with E-state index in [0.29, 0.717) is 11.4 Å². The van der Waals surface area contributed by atoms with Gasteiger partial charge in [-0.2, -0.15) is 5.26 Å². The summed E-state index contributed by atoms with van der Waals surface area (Å²) < 4.78 is 8.12. The Labute approximate surface area is 187 Å². The van der Waals surface area contributed by atoms with Crippen LogP contribution in [0.4, 0.5) is 5.69 Å². The number of ether oxygens (including phenoxy) is 1. The molecular weight excluding hydrogens is 622 g/mol. The highest BCUT2D eigenvalue weighted by Gasteiger charge is 2.12. The summed E-state index contributed by atoms with van der Waals surface area (Å²) in [5.41, 5.74) is 1.35. The number of rotatable bonds is 5. The molecule has 0 fully saturated rings. The Bertz CT molecular complexity index is 918. The van der Waals surface area contributed by atoms with Crippen LogP contribution in [0, 0.1) is 30.8 Å². The van der Waals surface area contributed by atoms with Gasteiger partial charge in [0, 0.05) is 10.2 Å². The molecule has 2 rings (SSSR count). The number of hydrogen-bond acceptors (Lipinski definition) is 3. The number of carbonyl (C=O) groups excluding carboxylic acids is 1. The Hall–Kier alpha value is -1.56. The number of nitriles is 1. The van der Waals surface area contributed by atoms with Crippen LogP contribution in [0.15, 0.2) is 46.4 Å². The second kappa shape index (κ2) is 9.95. The highest BCUT2D eigenvalue weighted by atomic mass is 127. The fourth-order valence-corrected chi connectivity index (χ4v) is 4.35. The van der Waals surface area contributed by atoms with E-state index in [-0.39, 0.29) is 12.2 Å². The van der Waals surface area contributed by atoms with Crippen LogP contribution in [0.25, 0.3) is 6.08 Å². The van der Waals surface area contributed by atoms with Gasteiger partial charge in [0.25, 0.3) is 5.91 Å². The van der Waals surface area contributed by atoms with Gasteiger partial charge >= 0.3 is 0 Å². The SMILES string of the molecule is C#CCOc1c(I)cc(/C=C(/C#N)C(=O)Nc2ccc(Br)cc2)cc1I. The molecule has 2 aromatic rings. The summed E-state index contributed by atoms with van der Waals surface area (Å²) in [5.74, 6) is 2.66. The van der Waals surface area contributed by atoms with E-state index in [1.54, 1.807) is 18.2 Å². The Kier molecular flexibility index (Phi) is 7.94. The molecule has 0 spiro atoms. The Balaban J connectivity index is 2.25. The summed E-state index contributed by atoms with van der Waals surface area (Å²) in [6.07, 6.45) is 6.77. The first-order chi connectivity index (χ1) is 12.4. The van der Waals surface area contributed by atoms with Gasteiger partial charge in [0.1, 0.15) is 24.0 Å². The second-order valence-corrected chi connectivity index (χ2v) is 8.18. The smallest absolute Gasteiger partial charge is 0.266 e. The standard InChI is InChI=1S/C19H11BrI2N2O2/c1-2-7-26-18-16(21)9-12(10-17(18)22)8-13(11-23)19(25)24-15-5-3-14(20)4-6-15/h1,3-6,8-10H,7H2,(H,24,25)/b13-8-. The quantitative estimate of drug-likeness (QED) is 0.213. The van der Waals surface area contributed by atoms with Gasteiger partial charge in [-0.05, 0) is 93.2 Å². The van der Waals surface area contributed by atoms with E-state index >= 15 is 0 Å². The summed E-state index contributed by atoms with van der Waals surface area (Å²) in [5, 5.41) is 12.1. The van der Waals surface area contributed by atoms with Gasteiger partial charge in [-0.3, -0.25) is 4.79 Å². The topological polar surface area (TPSA) is 62.1 Å². The molecular formula is C19H11BrI2N2O2.